The summed E-state index contributed by atoms with van der Waals surface area (Å²) in [5, 5.41) is 6.54. The fourth-order valence-electron chi connectivity index (χ4n) is 1.46. The first-order chi connectivity index (χ1) is 7.70. The minimum Gasteiger partial charge on any atom is -0.347 e. The van der Waals surface area contributed by atoms with E-state index in [0.717, 1.165) is 18.0 Å². The molecule has 3 nitrogen and oxygen atoms in total. The number of benzene rings is 1. The van der Waals surface area contributed by atoms with E-state index in [-0.39, 0.29) is 11.9 Å². The molecule has 0 aromatic heterocycles. The number of hydrogen-bond donors (Lipinski definition) is 2. The van der Waals surface area contributed by atoms with Crippen LogP contribution in [0.25, 0.3) is 0 Å². The summed E-state index contributed by atoms with van der Waals surface area (Å²) < 4.78 is 0. The van der Waals surface area contributed by atoms with E-state index in [9.17, 15) is 4.79 Å². The van der Waals surface area contributed by atoms with Gasteiger partial charge in [-0.3, -0.25) is 4.79 Å². The van der Waals surface area contributed by atoms with E-state index in [1.165, 1.54) is 0 Å². The van der Waals surface area contributed by atoms with Crippen LogP contribution in [0.3, 0.4) is 0 Å². The monoisotopic (exact) mass is 256 g/mol. The summed E-state index contributed by atoms with van der Waals surface area (Å²) in [5.74, 6) is -0.0904. The molecule has 2 rings (SSSR count). The molecule has 0 radical (unpaired) electrons. The summed E-state index contributed by atoms with van der Waals surface area (Å²) in [6.07, 6.45) is 1.97. The van der Waals surface area contributed by atoms with Gasteiger partial charge in [-0.15, -0.1) is 11.8 Å². The first-order valence-corrected chi connectivity index (χ1v) is 6.66. The van der Waals surface area contributed by atoms with Crippen molar-refractivity contribution in [3.8, 4) is 0 Å². The van der Waals surface area contributed by atoms with Gasteiger partial charge >= 0.3 is 0 Å². The van der Waals surface area contributed by atoms with Gasteiger partial charge in [-0.1, -0.05) is 11.6 Å². The zero-order valence-corrected chi connectivity index (χ0v) is 10.5. The predicted octanol–water partition coefficient (Wildman–Crippen LogP) is 1.76. The third-order valence-electron chi connectivity index (χ3n) is 2.53. The molecule has 0 aliphatic carbocycles. The van der Waals surface area contributed by atoms with Crippen molar-refractivity contribution in [1.82, 2.24) is 10.6 Å². The van der Waals surface area contributed by atoms with E-state index >= 15 is 0 Å². The lowest BCUT2D eigenvalue weighted by atomic mass is 10.1. The van der Waals surface area contributed by atoms with Gasteiger partial charge in [0, 0.05) is 18.0 Å². The molecule has 0 unspecified atom stereocenters. The Balaban J connectivity index is 2.13. The number of carbonyl (C=O) groups is 1. The standard InChI is InChI=1S/C11H13ClN2OS/c1-16-8-2-3-10(12)9(4-8)11(15)14-7-5-13-6-7/h2-4,7,13H,5-6H2,1H3,(H,14,15). The van der Waals surface area contributed by atoms with Crippen LogP contribution in [0.5, 0.6) is 0 Å². The smallest absolute Gasteiger partial charge is 0.253 e. The Kier molecular flexibility index (Phi) is 3.74. The van der Waals surface area contributed by atoms with Crippen molar-refractivity contribution in [2.24, 2.45) is 0 Å². The Morgan fingerprint density at radius 1 is 1.56 bits per heavy atom. The normalized spacial score (nSPS) is 15.6. The molecule has 0 saturated carbocycles. The van der Waals surface area contributed by atoms with Crippen molar-refractivity contribution in [2.45, 2.75) is 10.9 Å². The first-order valence-electron chi connectivity index (χ1n) is 5.06. The molecule has 1 aromatic rings. The van der Waals surface area contributed by atoms with Crippen molar-refractivity contribution in [1.29, 1.82) is 0 Å². The van der Waals surface area contributed by atoms with Crippen molar-refractivity contribution < 1.29 is 4.79 Å². The Morgan fingerprint density at radius 3 is 2.88 bits per heavy atom. The van der Waals surface area contributed by atoms with Crippen LogP contribution in [-0.4, -0.2) is 31.3 Å². The van der Waals surface area contributed by atoms with Crippen LogP contribution in [-0.2, 0) is 0 Å². The number of hydrogen-bond acceptors (Lipinski definition) is 3. The molecule has 2 N–H and O–H groups in total. The molecule has 5 heteroatoms. The van der Waals surface area contributed by atoms with Gasteiger partial charge in [-0.05, 0) is 24.5 Å². The third kappa shape index (κ3) is 2.51. The SMILES string of the molecule is CSc1ccc(Cl)c(C(=O)NC2CNC2)c1. The molecule has 0 bridgehead atoms. The van der Waals surface area contributed by atoms with Gasteiger partial charge in [0.25, 0.3) is 5.91 Å². The second kappa shape index (κ2) is 5.08. The van der Waals surface area contributed by atoms with Crippen LogP contribution in [0.1, 0.15) is 10.4 Å². The summed E-state index contributed by atoms with van der Waals surface area (Å²) in [5.41, 5.74) is 0.556. The zero-order chi connectivity index (χ0) is 11.5. The average Bonchev–Trinajstić information content (AvgIpc) is 2.24. The quantitative estimate of drug-likeness (QED) is 0.810. The number of thioether (sulfide) groups is 1. The van der Waals surface area contributed by atoms with E-state index in [0.29, 0.717) is 10.6 Å². The van der Waals surface area contributed by atoms with Crippen molar-refractivity contribution >= 4 is 29.3 Å². The van der Waals surface area contributed by atoms with Gasteiger partial charge in [-0.2, -0.15) is 0 Å². The molecule has 86 valence electrons. The maximum Gasteiger partial charge on any atom is 0.253 e. The number of nitrogens with one attached hydrogen (secondary N) is 2. The molecule has 1 amide bonds. The molecule has 1 aliphatic rings. The largest absolute Gasteiger partial charge is 0.347 e. The molecule has 16 heavy (non-hydrogen) atoms. The first kappa shape index (κ1) is 11.8. The Bertz CT molecular complexity index is 407. The number of halogens is 1. The summed E-state index contributed by atoms with van der Waals surface area (Å²) in [6, 6.07) is 5.74. The molecule has 1 aliphatic heterocycles. The fourth-order valence-corrected chi connectivity index (χ4v) is 2.10. The van der Waals surface area contributed by atoms with E-state index in [1.54, 1.807) is 17.8 Å². The number of carbonyl (C=O) groups excluding carboxylic acids is 1. The second-order valence-electron chi connectivity index (χ2n) is 3.67. The number of amides is 1. The lowest BCUT2D eigenvalue weighted by Gasteiger charge is -2.28. The van der Waals surface area contributed by atoms with Crippen LogP contribution < -0.4 is 10.6 Å². The summed E-state index contributed by atoms with van der Waals surface area (Å²) in [4.78, 5) is 12.9. The Hall–Kier alpha value is -0.710. The van der Waals surface area contributed by atoms with E-state index in [2.05, 4.69) is 10.6 Å². The van der Waals surface area contributed by atoms with Crippen LogP contribution in [0.4, 0.5) is 0 Å². The zero-order valence-electron chi connectivity index (χ0n) is 8.92. The van der Waals surface area contributed by atoms with Gasteiger partial charge in [0.15, 0.2) is 0 Å². The highest BCUT2D eigenvalue weighted by atomic mass is 35.5. The third-order valence-corrected chi connectivity index (χ3v) is 3.59. The summed E-state index contributed by atoms with van der Waals surface area (Å²) in [7, 11) is 0. The highest BCUT2D eigenvalue weighted by Crippen LogP contribution is 2.23. The van der Waals surface area contributed by atoms with Gasteiger partial charge in [-0.25, -0.2) is 0 Å². The van der Waals surface area contributed by atoms with E-state index in [4.69, 9.17) is 11.6 Å². The van der Waals surface area contributed by atoms with Crippen LogP contribution in [0, 0.1) is 0 Å². The molecule has 0 spiro atoms. The van der Waals surface area contributed by atoms with E-state index in [1.807, 2.05) is 18.4 Å². The molecule has 1 aromatic carbocycles. The minimum absolute atomic E-state index is 0.0904. The molecule has 0 atom stereocenters. The molecule has 1 saturated heterocycles. The summed E-state index contributed by atoms with van der Waals surface area (Å²) >= 11 is 7.60. The predicted molar refractivity (Wildman–Crippen MR) is 67.4 cm³/mol. The highest BCUT2D eigenvalue weighted by molar-refractivity contribution is 7.98. The van der Waals surface area contributed by atoms with Crippen molar-refractivity contribution in [3.63, 3.8) is 0 Å². The van der Waals surface area contributed by atoms with Gasteiger partial charge < -0.3 is 10.6 Å². The second-order valence-corrected chi connectivity index (χ2v) is 4.96. The van der Waals surface area contributed by atoms with Crippen LogP contribution in [0.15, 0.2) is 23.1 Å². The van der Waals surface area contributed by atoms with Crippen molar-refractivity contribution in [2.75, 3.05) is 19.3 Å². The average molecular weight is 257 g/mol. The molecule has 1 fully saturated rings. The molecular formula is C11H13ClN2OS. The van der Waals surface area contributed by atoms with Gasteiger partial charge in [0.05, 0.1) is 16.6 Å². The Morgan fingerprint density at radius 2 is 2.31 bits per heavy atom. The van der Waals surface area contributed by atoms with Crippen molar-refractivity contribution in [3.05, 3.63) is 28.8 Å². The number of rotatable bonds is 3. The molecule has 1 heterocycles. The van der Waals surface area contributed by atoms with Gasteiger partial charge in [0.2, 0.25) is 0 Å². The highest BCUT2D eigenvalue weighted by Gasteiger charge is 2.20. The maximum atomic E-state index is 11.9. The lowest BCUT2D eigenvalue weighted by Crippen LogP contribution is -2.56. The minimum atomic E-state index is -0.0904. The van der Waals surface area contributed by atoms with Gasteiger partial charge in [0.1, 0.15) is 0 Å². The Labute approximate surface area is 104 Å². The van der Waals surface area contributed by atoms with Crippen LogP contribution in [0.2, 0.25) is 5.02 Å². The molecular weight excluding hydrogens is 244 g/mol. The lowest BCUT2D eigenvalue weighted by molar-refractivity contribution is 0.0924. The fraction of sp³-hybridized carbons (Fsp3) is 0.364. The maximum absolute atomic E-state index is 11.9. The van der Waals surface area contributed by atoms with Crippen LogP contribution >= 0.6 is 23.4 Å². The summed E-state index contributed by atoms with van der Waals surface area (Å²) in [6.45, 7) is 1.68. The van der Waals surface area contributed by atoms with E-state index < -0.39 is 0 Å². The topological polar surface area (TPSA) is 41.1 Å².